The molecule has 0 saturated heterocycles. The molecule has 0 bridgehead atoms. The minimum atomic E-state index is -0.587. The van der Waals surface area contributed by atoms with Crippen LogP contribution < -0.4 is 14.2 Å². The van der Waals surface area contributed by atoms with E-state index in [-0.39, 0.29) is 22.8 Å². The summed E-state index contributed by atoms with van der Waals surface area (Å²) in [7, 11) is 3.10. The van der Waals surface area contributed by atoms with Crippen molar-refractivity contribution >= 4 is 5.97 Å². The number of esters is 1. The summed E-state index contributed by atoms with van der Waals surface area (Å²) in [6, 6.07) is 15.2. The first-order chi connectivity index (χ1) is 13.4. The van der Waals surface area contributed by atoms with Gasteiger partial charge in [0.2, 0.25) is 0 Å². The lowest BCUT2D eigenvalue weighted by Crippen LogP contribution is -2.04. The van der Waals surface area contributed by atoms with Crippen LogP contribution in [0, 0.1) is 0 Å². The Morgan fingerprint density at radius 3 is 1.79 bits per heavy atom. The van der Waals surface area contributed by atoms with Gasteiger partial charge >= 0.3 is 5.97 Å². The van der Waals surface area contributed by atoms with Crippen LogP contribution in [0.1, 0.15) is 6.92 Å². The average molecular weight is 380 g/mol. The standard InChI is InChI=1S/C22H20O6/c1-13(23)28-22-18(14-4-8-16(26-2)9-5-14)12-19(24)20(21(22)25)15-6-10-17(27-3)11-7-15/h4-12,24-25H,1-3H3. The molecule has 0 radical (unpaired) electrons. The van der Waals surface area contributed by atoms with Crippen molar-refractivity contribution in [2.24, 2.45) is 0 Å². The molecule has 0 fully saturated rings. The number of carbonyl (C=O) groups excluding carboxylic acids is 1. The second kappa shape index (κ2) is 7.92. The molecule has 0 heterocycles. The molecule has 3 rings (SSSR count). The fourth-order valence-electron chi connectivity index (χ4n) is 2.91. The Labute approximate surface area is 162 Å². The van der Waals surface area contributed by atoms with Crippen LogP contribution in [0.4, 0.5) is 0 Å². The van der Waals surface area contributed by atoms with E-state index >= 15 is 0 Å². The lowest BCUT2D eigenvalue weighted by molar-refractivity contribution is -0.131. The number of rotatable bonds is 5. The summed E-state index contributed by atoms with van der Waals surface area (Å²) in [6.45, 7) is 1.25. The van der Waals surface area contributed by atoms with Gasteiger partial charge in [0.05, 0.1) is 19.8 Å². The van der Waals surface area contributed by atoms with Gasteiger partial charge in [-0.15, -0.1) is 0 Å². The first kappa shape index (κ1) is 19.1. The van der Waals surface area contributed by atoms with E-state index in [2.05, 4.69) is 0 Å². The molecule has 3 aromatic carbocycles. The molecule has 0 spiro atoms. The molecule has 0 aliphatic rings. The number of hydrogen-bond acceptors (Lipinski definition) is 6. The average Bonchev–Trinajstić information content (AvgIpc) is 2.70. The lowest BCUT2D eigenvalue weighted by atomic mass is 9.96. The monoisotopic (exact) mass is 380 g/mol. The smallest absolute Gasteiger partial charge is 0.308 e. The van der Waals surface area contributed by atoms with Gasteiger partial charge in [0.1, 0.15) is 17.2 Å². The zero-order valence-electron chi connectivity index (χ0n) is 15.7. The number of phenols is 2. The van der Waals surface area contributed by atoms with Crippen LogP contribution in [0.3, 0.4) is 0 Å². The highest BCUT2D eigenvalue weighted by atomic mass is 16.5. The normalized spacial score (nSPS) is 10.4. The Morgan fingerprint density at radius 2 is 1.32 bits per heavy atom. The van der Waals surface area contributed by atoms with Crippen LogP contribution in [-0.2, 0) is 4.79 Å². The summed E-state index contributed by atoms with van der Waals surface area (Å²) >= 11 is 0. The van der Waals surface area contributed by atoms with Crippen LogP contribution in [-0.4, -0.2) is 30.4 Å². The molecule has 0 aliphatic carbocycles. The van der Waals surface area contributed by atoms with Crippen LogP contribution in [0.25, 0.3) is 22.3 Å². The molecule has 2 N–H and O–H groups in total. The highest BCUT2D eigenvalue weighted by molar-refractivity contribution is 5.89. The molecule has 0 aliphatic heterocycles. The summed E-state index contributed by atoms with van der Waals surface area (Å²) in [6.07, 6.45) is 0. The van der Waals surface area contributed by atoms with Gasteiger partial charge in [0.15, 0.2) is 11.5 Å². The van der Waals surface area contributed by atoms with Crippen molar-refractivity contribution < 1.29 is 29.2 Å². The molecule has 0 aromatic heterocycles. The van der Waals surface area contributed by atoms with E-state index < -0.39 is 5.97 Å². The van der Waals surface area contributed by atoms with Gasteiger partial charge in [-0.25, -0.2) is 0 Å². The quantitative estimate of drug-likeness (QED) is 0.505. The van der Waals surface area contributed by atoms with Crippen molar-refractivity contribution in [2.75, 3.05) is 14.2 Å². The first-order valence-electron chi connectivity index (χ1n) is 8.50. The molecule has 0 unspecified atom stereocenters. The highest BCUT2D eigenvalue weighted by Gasteiger charge is 2.22. The van der Waals surface area contributed by atoms with Crippen molar-refractivity contribution in [3.05, 3.63) is 54.6 Å². The minimum absolute atomic E-state index is 0.0266. The van der Waals surface area contributed by atoms with E-state index in [1.807, 2.05) is 0 Å². The predicted molar refractivity (Wildman–Crippen MR) is 105 cm³/mol. The molecule has 144 valence electrons. The van der Waals surface area contributed by atoms with E-state index in [1.54, 1.807) is 62.8 Å². The van der Waals surface area contributed by atoms with Crippen LogP contribution >= 0.6 is 0 Å². The molecule has 28 heavy (non-hydrogen) atoms. The van der Waals surface area contributed by atoms with Crippen molar-refractivity contribution in [3.8, 4) is 51.0 Å². The third-order valence-electron chi connectivity index (χ3n) is 4.26. The number of ether oxygens (including phenoxy) is 3. The largest absolute Gasteiger partial charge is 0.507 e. The van der Waals surface area contributed by atoms with Crippen LogP contribution in [0.2, 0.25) is 0 Å². The Hall–Kier alpha value is -3.67. The molecule has 0 saturated carbocycles. The van der Waals surface area contributed by atoms with Crippen molar-refractivity contribution in [1.29, 1.82) is 0 Å². The van der Waals surface area contributed by atoms with E-state index in [1.165, 1.54) is 13.0 Å². The molecular formula is C22H20O6. The number of methoxy groups -OCH3 is 2. The maximum Gasteiger partial charge on any atom is 0.308 e. The van der Waals surface area contributed by atoms with Gasteiger partial charge in [-0.2, -0.15) is 0 Å². The molecule has 0 atom stereocenters. The van der Waals surface area contributed by atoms with Gasteiger partial charge in [0, 0.05) is 12.5 Å². The van der Waals surface area contributed by atoms with E-state index in [0.717, 1.165) is 0 Å². The Kier molecular flexibility index (Phi) is 5.40. The Balaban J connectivity index is 2.19. The third kappa shape index (κ3) is 3.71. The topological polar surface area (TPSA) is 85.2 Å². The van der Waals surface area contributed by atoms with Gasteiger partial charge < -0.3 is 24.4 Å². The zero-order chi connectivity index (χ0) is 20.3. The minimum Gasteiger partial charge on any atom is -0.507 e. The fourth-order valence-corrected chi connectivity index (χ4v) is 2.91. The van der Waals surface area contributed by atoms with E-state index in [9.17, 15) is 15.0 Å². The molecule has 6 nitrogen and oxygen atoms in total. The lowest BCUT2D eigenvalue weighted by Gasteiger charge is -2.16. The van der Waals surface area contributed by atoms with Crippen molar-refractivity contribution in [2.45, 2.75) is 6.92 Å². The number of aromatic hydroxyl groups is 2. The van der Waals surface area contributed by atoms with Crippen molar-refractivity contribution in [3.63, 3.8) is 0 Å². The fraction of sp³-hybridized carbons (Fsp3) is 0.136. The first-order valence-corrected chi connectivity index (χ1v) is 8.50. The molecular weight excluding hydrogens is 360 g/mol. The maximum atomic E-state index is 11.6. The number of benzene rings is 3. The van der Waals surface area contributed by atoms with Crippen LogP contribution in [0.15, 0.2) is 54.6 Å². The van der Waals surface area contributed by atoms with E-state index in [0.29, 0.717) is 28.2 Å². The number of carbonyl (C=O) groups is 1. The molecule has 3 aromatic rings. The SMILES string of the molecule is COc1ccc(-c2cc(O)c(-c3ccc(OC)cc3)c(O)c2OC(C)=O)cc1. The zero-order valence-corrected chi connectivity index (χ0v) is 15.7. The third-order valence-corrected chi connectivity index (χ3v) is 4.26. The highest BCUT2D eigenvalue weighted by Crippen LogP contribution is 2.49. The maximum absolute atomic E-state index is 11.6. The Bertz CT molecular complexity index is 991. The molecule has 6 heteroatoms. The van der Waals surface area contributed by atoms with E-state index in [4.69, 9.17) is 14.2 Å². The summed E-state index contributed by atoms with van der Waals surface area (Å²) < 4.78 is 15.6. The van der Waals surface area contributed by atoms with Crippen molar-refractivity contribution in [1.82, 2.24) is 0 Å². The number of phenolic OH excluding ortho intramolecular Hbond substituents is 2. The van der Waals surface area contributed by atoms with Gasteiger partial charge in [-0.05, 0) is 41.5 Å². The van der Waals surface area contributed by atoms with Gasteiger partial charge in [-0.1, -0.05) is 24.3 Å². The summed E-state index contributed by atoms with van der Waals surface area (Å²) in [5.41, 5.74) is 1.73. The summed E-state index contributed by atoms with van der Waals surface area (Å²) in [5, 5.41) is 21.5. The summed E-state index contributed by atoms with van der Waals surface area (Å²) in [4.78, 5) is 11.6. The Morgan fingerprint density at radius 1 is 0.821 bits per heavy atom. The predicted octanol–water partition coefficient (Wildman–Crippen LogP) is 4.37. The second-order valence-electron chi connectivity index (χ2n) is 6.05. The second-order valence-corrected chi connectivity index (χ2v) is 6.05. The molecule has 0 amide bonds. The number of hydrogen-bond donors (Lipinski definition) is 2. The van der Waals surface area contributed by atoms with Gasteiger partial charge in [0.25, 0.3) is 0 Å². The van der Waals surface area contributed by atoms with Gasteiger partial charge in [-0.3, -0.25) is 4.79 Å². The summed E-state index contributed by atoms with van der Waals surface area (Å²) in [5.74, 6) is 0.201. The van der Waals surface area contributed by atoms with Crippen LogP contribution in [0.5, 0.6) is 28.7 Å².